The number of ether oxygens (including phenoxy) is 1. The first kappa shape index (κ1) is 22.3. The van der Waals surface area contributed by atoms with E-state index in [-0.39, 0.29) is 21.4 Å². The molecule has 1 aliphatic rings. The maximum Gasteiger partial charge on any atom is 0.340 e. The second-order valence-corrected chi connectivity index (χ2v) is 9.41. The Bertz CT molecular complexity index is 1020. The van der Waals surface area contributed by atoms with Crippen molar-refractivity contribution in [3.63, 3.8) is 0 Å². The van der Waals surface area contributed by atoms with E-state index in [9.17, 15) is 18.0 Å². The number of carbonyl (C=O) groups is 2. The molecule has 2 aromatic carbocycles. The summed E-state index contributed by atoms with van der Waals surface area (Å²) in [4.78, 5) is 26.2. The zero-order chi connectivity index (χ0) is 21.7. The van der Waals surface area contributed by atoms with Crippen LogP contribution in [0.25, 0.3) is 0 Å². The minimum Gasteiger partial charge on any atom is -0.452 e. The van der Waals surface area contributed by atoms with Crippen molar-refractivity contribution in [1.82, 2.24) is 9.21 Å². The number of nitrogens with zero attached hydrogens (tertiary/aromatic N) is 2. The molecule has 30 heavy (non-hydrogen) atoms. The normalized spacial score (nSPS) is 14.5. The molecule has 0 N–H and O–H groups in total. The Kier molecular flexibility index (Phi) is 7.12. The largest absolute Gasteiger partial charge is 0.452 e. The average molecular weight is 451 g/mol. The number of benzene rings is 2. The zero-order valence-electron chi connectivity index (χ0n) is 16.6. The molecule has 0 radical (unpaired) electrons. The van der Waals surface area contributed by atoms with Crippen molar-refractivity contribution in [2.75, 3.05) is 26.7 Å². The topological polar surface area (TPSA) is 84.0 Å². The van der Waals surface area contributed by atoms with E-state index in [2.05, 4.69) is 0 Å². The number of hydrogen-bond acceptors (Lipinski definition) is 5. The number of esters is 1. The van der Waals surface area contributed by atoms with Gasteiger partial charge in [0.25, 0.3) is 5.91 Å². The second-order valence-electron chi connectivity index (χ2n) is 7.06. The highest BCUT2D eigenvalue weighted by atomic mass is 35.5. The van der Waals surface area contributed by atoms with Gasteiger partial charge in [-0.1, -0.05) is 41.9 Å². The molecule has 0 atom stereocenters. The number of amides is 1. The molecule has 1 saturated heterocycles. The van der Waals surface area contributed by atoms with Crippen LogP contribution in [0.5, 0.6) is 0 Å². The Labute approximate surface area is 181 Å². The van der Waals surface area contributed by atoms with E-state index in [1.54, 1.807) is 7.05 Å². The lowest BCUT2D eigenvalue weighted by atomic mass is 10.2. The fourth-order valence-electron chi connectivity index (χ4n) is 3.16. The Morgan fingerprint density at radius 1 is 1.10 bits per heavy atom. The molecule has 1 heterocycles. The SMILES string of the molecule is CN(Cc1ccccc1)C(=O)COC(=O)c1cc(S(=O)(=O)N2CCCC2)ccc1Cl. The van der Waals surface area contributed by atoms with Crippen molar-refractivity contribution < 1.29 is 22.7 Å². The van der Waals surface area contributed by atoms with Crippen LogP contribution in [0.1, 0.15) is 28.8 Å². The maximum absolute atomic E-state index is 12.7. The fourth-order valence-corrected chi connectivity index (χ4v) is 4.90. The van der Waals surface area contributed by atoms with Crippen molar-refractivity contribution in [3.05, 3.63) is 64.7 Å². The van der Waals surface area contributed by atoms with E-state index >= 15 is 0 Å². The predicted molar refractivity (Wildman–Crippen MR) is 113 cm³/mol. The van der Waals surface area contributed by atoms with Crippen LogP contribution >= 0.6 is 11.6 Å². The van der Waals surface area contributed by atoms with Gasteiger partial charge >= 0.3 is 5.97 Å². The van der Waals surface area contributed by atoms with E-state index in [0.717, 1.165) is 18.4 Å². The molecule has 160 valence electrons. The van der Waals surface area contributed by atoms with Crippen molar-refractivity contribution in [1.29, 1.82) is 0 Å². The van der Waals surface area contributed by atoms with Crippen LogP contribution in [-0.2, 0) is 26.1 Å². The molecule has 9 heteroatoms. The van der Waals surface area contributed by atoms with Crippen molar-refractivity contribution in [2.45, 2.75) is 24.3 Å². The Balaban J connectivity index is 1.65. The lowest BCUT2D eigenvalue weighted by Gasteiger charge is -2.18. The molecular weight excluding hydrogens is 428 g/mol. The third kappa shape index (κ3) is 5.19. The third-order valence-corrected chi connectivity index (χ3v) is 7.10. The molecular formula is C21H23ClN2O5S. The van der Waals surface area contributed by atoms with Gasteiger partial charge in [0.2, 0.25) is 10.0 Å². The van der Waals surface area contributed by atoms with Gasteiger partial charge in [-0.2, -0.15) is 4.31 Å². The molecule has 1 fully saturated rings. The van der Waals surface area contributed by atoms with Gasteiger partial charge in [0.1, 0.15) is 0 Å². The highest BCUT2D eigenvalue weighted by Crippen LogP contribution is 2.25. The summed E-state index contributed by atoms with van der Waals surface area (Å²) in [7, 11) is -2.09. The summed E-state index contributed by atoms with van der Waals surface area (Å²) >= 11 is 6.08. The van der Waals surface area contributed by atoms with Gasteiger partial charge in [-0.25, -0.2) is 13.2 Å². The minimum atomic E-state index is -3.70. The molecule has 2 aromatic rings. The standard InChI is InChI=1S/C21H23ClN2O5S/c1-23(14-16-7-3-2-4-8-16)20(25)15-29-21(26)18-13-17(9-10-19(18)22)30(27,28)24-11-5-6-12-24/h2-4,7-10,13H,5-6,11-12,14-15H2,1H3. The summed E-state index contributed by atoms with van der Waals surface area (Å²) in [5.41, 5.74) is 0.859. The van der Waals surface area contributed by atoms with Crippen LogP contribution in [0.3, 0.4) is 0 Å². The van der Waals surface area contributed by atoms with Crippen molar-refractivity contribution in [2.24, 2.45) is 0 Å². The zero-order valence-corrected chi connectivity index (χ0v) is 18.2. The predicted octanol–water partition coefficient (Wildman–Crippen LogP) is 2.94. The average Bonchev–Trinajstić information content (AvgIpc) is 3.28. The van der Waals surface area contributed by atoms with Gasteiger partial charge in [-0.3, -0.25) is 4.79 Å². The molecule has 1 amide bonds. The Morgan fingerprint density at radius 2 is 1.77 bits per heavy atom. The molecule has 0 bridgehead atoms. The summed E-state index contributed by atoms with van der Waals surface area (Å²) in [5.74, 6) is -1.23. The van der Waals surface area contributed by atoms with Crippen LogP contribution in [-0.4, -0.2) is 56.2 Å². The molecule has 1 aliphatic heterocycles. The molecule has 0 spiro atoms. The van der Waals surface area contributed by atoms with E-state index in [0.29, 0.717) is 19.6 Å². The number of sulfonamides is 1. The van der Waals surface area contributed by atoms with Gasteiger partial charge in [0.05, 0.1) is 15.5 Å². The quantitative estimate of drug-likeness (QED) is 0.605. The van der Waals surface area contributed by atoms with E-state index in [1.807, 2.05) is 30.3 Å². The van der Waals surface area contributed by atoms with Gasteiger partial charge in [0.15, 0.2) is 6.61 Å². The lowest BCUT2D eigenvalue weighted by molar-refractivity contribution is -0.133. The molecule has 3 rings (SSSR count). The molecule has 0 saturated carbocycles. The first-order valence-corrected chi connectivity index (χ1v) is 11.4. The molecule has 0 aliphatic carbocycles. The van der Waals surface area contributed by atoms with Crippen molar-refractivity contribution >= 4 is 33.5 Å². The van der Waals surface area contributed by atoms with Gasteiger partial charge in [-0.05, 0) is 36.6 Å². The van der Waals surface area contributed by atoms with Crippen LogP contribution in [0.2, 0.25) is 5.02 Å². The number of hydrogen-bond donors (Lipinski definition) is 0. The van der Waals surface area contributed by atoms with Gasteiger partial charge in [-0.15, -0.1) is 0 Å². The first-order chi connectivity index (χ1) is 14.3. The number of halogens is 1. The van der Waals surface area contributed by atoms with Gasteiger partial charge in [0, 0.05) is 26.7 Å². The first-order valence-electron chi connectivity index (χ1n) is 9.54. The van der Waals surface area contributed by atoms with E-state index in [4.69, 9.17) is 16.3 Å². The van der Waals surface area contributed by atoms with E-state index in [1.165, 1.54) is 27.4 Å². The maximum atomic E-state index is 12.7. The molecule has 0 aromatic heterocycles. The Morgan fingerprint density at radius 3 is 2.43 bits per heavy atom. The Hall–Kier alpha value is -2.42. The van der Waals surface area contributed by atoms with Crippen LogP contribution in [0.4, 0.5) is 0 Å². The second kappa shape index (κ2) is 9.59. The summed E-state index contributed by atoms with van der Waals surface area (Å²) in [6, 6.07) is 13.3. The number of rotatable bonds is 7. The fraction of sp³-hybridized carbons (Fsp3) is 0.333. The molecule has 7 nitrogen and oxygen atoms in total. The summed E-state index contributed by atoms with van der Waals surface area (Å²) in [6.07, 6.45) is 1.61. The highest BCUT2D eigenvalue weighted by molar-refractivity contribution is 7.89. The van der Waals surface area contributed by atoms with Crippen molar-refractivity contribution in [3.8, 4) is 0 Å². The third-order valence-electron chi connectivity index (χ3n) is 4.88. The lowest BCUT2D eigenvalue weighted by Crippen LogP contribution is -2.31. The highest BCUT2D eigenvalue weighted by Gasteiger charge is 2.28. The number of carbonyl (C=O) groups excluding carboxylic acids is 2. The summed E-state index contributed by atoms with van der Waals surface area (Å²) in [6.45, 7) is 0.809. The smallest absolute Gasteiger partial charge is 0.340 e. The molecule has 0 unspecified atom stereocenters. The minimum absolute atomic E-state index is 0.0201. The monoisotopic (exact) mass is 450 g/mol. The van der Waals surface area contributed by atoms with Crippen LogP contribution < -0.4 is 0 Å². The van der Waals surface area contributed by atoms with Crippen LogP contribution in [0.15, 0.2) is 53.4 Å². The summed E-state index contributed by atoms with van der Waals surface area (Å²) < 4.78 is 31.9. The number of likely N-dealkylation sites (N-methyl/N-ethyl adjacent to an activating group) is 1. The summed E-state index contributed by atoms with van der Waals surface area (Å²) in [5, 5.41) is 0.0606. The van der Waals surface area contributed by atoms with E-state index < -0.39 is 22.6 Å². The van der Waals surface area contributed by atoms with Gasteiger partial charge < -0.3 is 9.64 Å². The van der Waals surface area contributed by atoms with Crippen LogP contribution in [0, 0.1) is 0 Å².